The molecule has 1 aromatic rings. The number of carboxylic acid groups (broad SMARTS) is 1. The Morgan fingerprint density at radius 2 is 2.15 bits per heavy atom. The van der Waals surface area contributed by atoms with Gasteiger partial charge in [-0.05, 0) is 30.2 Å². The number of carboxylic acids is 1. The Bertz CT molecular complexity index is 496. The predicted octanol–water partition coefficient (Wildman–Crippen LogP) is 0.801. The molecular formula is C13H16N2O4S. The molecule has 0 aromatic carbocycles. The third-order valence-electron chi connectivity index (χ3n) is 3.00. The van der Waals surface area contributed by atoms with Crippen LogP contribution in [0.2, 0.25) is 0 Å². The minimum absolute atomic E-state index is 0.170. The standard InChI is InChI=1S/C13H16N2O4S/c16-11(6-14-13(19)10-2-1-5-20-10)15(8-12(17)18)7-9-3-4-9/h1-2,5,9H,3-4,6-8H2,(H,14,19)(H,17,18). The maximum absolute atomic E-state index is 12.0. The maximum Gasteiger partial charge on any atom is 0.323 e. The molecule has 20 heavy (non-hydrogen) atoms. The fraction of sp³-hybridized carbons (Fsp3) is 0.462. The average Bonchev–Trinajstić information content (AvgIpc) is 3.05. The van der Waals surface area contributed by atoms with Gasteiger partial charge in [0.15, 0.2) is 0 Å². The Labute approximate surface area is 120 Å². The molecule has 1 saturated carbocycles. The molecule has 6 nitrogen and oxygen atoms in total. The molecule has 2 N–H and O–H groups in total. The zero-order valence-corrected chi connectivity index (χ0v) is 11.7. The van der Waals surface area contributed by atoms with Gasteiger partial charge >= 0.3 is 5.97 Å². The lowest BCUT2D eigenvalue weighted by Crippen LogP contribution is -2.43. The highest BCUT2D eigenvalue weighted by Gasteiger charge is 2.28. The van der Waals surface area contributed by atoms with Crippen molar-refractivity contribution in [2.45, 2.75) is 12.8 Å². The minimum atomic E-state index is -1.04. The third kappa shape index (κ3) is 4.34. The quantitative estimate of drug-likeness (QED) is 0.779. The number of amides is 2. The normalized spacial score (nSPS) is 13.8. The molecule has 1 aliphatic rings. The van der Waals surface area contributed by atoms with Gasteiger partial charge in [-0.2, -0.15) is 0 Å². The fourth-order valence-corrected chi connectivity index (χ4v) is 2.43. The number of rotatable bonds is 7. The van der Waals surface area contributed by atoms with Crippen LogP contribution < -0.4 is 5.32 Å². The molecule has 1 aliphatic carbocycles. The zero-order valence-electron chi connectivity index (χ0n) is 10.9. The Balaban J connectivity index is 1.84. The van der Waals surface area contributed by atoms with Gasteiger partial charge < -0.3 is 15.3 Å². The van der Waals surface area contributed by atoms with Gasteiger partial charge in [0.1, 0.15) is 6.54 Å². The van der Waals surface area contributed by atoms with Gasteiger partial charge in [0.25, 0.3) is 5.91 Å². The van der Waals surface area contributed by atoms with Crippen molar-refractivity contribution in [1.29, 1.82) is 0 Å². The summed E-state index contributed by atoms with van der Waals surface area (Å²) in [5, 5.41) is 13.1. The lowest BCUT2D eigenvalue weighted by Gasteiger charge is -2.20. The van der Waals surface area contributed by atoms with E-state index in [1.807, 2.05) is 0 Å². The van der Waals surface area contributed by atoms with Crippen LogP contribution in [0.25, 0.3) is 0 Å². The molecule has 1 fully saturated rings. The van der Waals surface area contributed by atoms with Crippen LogP contribution in [0.4, 0.5) is 0 Å². The van der Waals surface area contributed by atoms with Crippen molar-refractivity contribution in [1.82, 2.24) is 10.2 Å². The van der Waals surface area contributed by atoms with E-state index in [1.54, 1.807) is 17.5 Å². The van der Waals surface area contributed by atoms with Gasteiger partial charge in [0.05, 0.1) is 11.4 Å². The third-order valence-corrected chi connectivity index (χ3v) is 3.87. The number of nitrogens with one attached hydrogen (secondary N) is 1. The van der Waals surface area contributed by atoms with E-state index in [1.165, 1.54) is 16.2 Å². The number of thiophene rings is 1. The van der Waals surface area contributed by atoms with E-state index in [0.717, 1.165) is 12.8 Å². The van der Waals surface area contributed by atoms with Crippen molar-refractivity contribution >= 4 is 29.1 Å². The molecule has 1 aromatic heterocycles. The lowest BCUT2D eigenvalue weighted by molar-refractivity contribution is -0.144. The van der Waals surface area contributed by atoms with Gasteiger partial charge in [-0.25, -0.2) is 0 Å². The summed E-state index contributed by atoms with van der Waals surface area (Å²) in [7, 11) is 0. The second-order valence-electron chi connectivity index (χ2n) is 4.77. The van der Waals surface area contributed by atoms with Gasteiger partial charge in [0.2, 0.25) is 5.91 Å². The first-order chi connectivity index (χ1) is 9.56. The SMILES string of the molecule is O=C(O)CN(CC1CC1)C(=O)CNC(=O)c1cccs1. The second-order valence-corrected chi connectivity index (χ2v) is 5.72. The Morgan fingerprint density at radius 3 is 2.70 bits per heavy atom. The van der Waals surface area contributed by atoms with E-state index >= 15 is 0 Å². The number of carbonyl (C=O) groups excluding carboxylic acids is 2. The summed E-state index contributed by atoms with van der Waals surface area (Å²) in [5.41, 5.74) is 0. The first-order valence-corrected chi connectivity index (χ1v) is 7.25. The van der Waals surface area contributed by atoms with E-state index in [2.05, 4.69) is 5.32 Å². The van der Waals surface area contributed by atoms with Crippen LogP contribution >= 0.6 is 11.3 Å². The van der Waals surface area contributed by atoms with Crippen molar-refractivity contribution < 1.29 is 19.5 Å². The van der Waals surface area contributed by atoms with E-state index < -0.39 is 5.97 Å². The summed E-state index contributed by atoms with van der Waals surface area (Å²) >= 11 is 1.29. The van der Waals surface area contributed by atoms with Crippen LogP contribution in [-0.4, -0.2) is 47.4 Å². The van der Waals surface area contributed by atoms with Crippen LogP contribution in [0.1, 0.15) is 22.5 Å². The monoisotopic (exact) mass is 296 g/mol. The summed E-state index contributed by atoms with van der Waals surface area (Å²) in [6.45, 7) is -0.0268. The van der Waals surface area contributed by atoms with Crippen LogP contribution in [0.15, 0.2) is 17.5 Å². The van der Waals surface area contributed by atoms with Gasteiger partial charge in [0, 0.05) is 6.54 Å². The smallest absolute Gasteiger partial charge is 0.323 e. The van der Waals surface area contributed by atoms with Crippen molar-refractivity contribution in [3.63, 3.8) is 0 Å². The maximum atomic E-state index is 12.0. The molecular weight excluding hydrogens is 280 g/mol. The highest BCUT2D eigenvalue weighted by Crippen LogP contribution is 2.29. The van der Waals surface area contributed by atoms with Crippen LogP contribution in [0.3, 0.4) is 0 Å². The van der Waals surface area contributed by atoms with Crippen molar-refractivity contribution in [2.75, 3.05) is 19.6 Å². The minimum Gasteiger partial charge on any atom is -0.480 e. The predicted molar refractivity (Wildman–Crippen MR) is 73.6 cm³/mol. The number of hydrogen-bond acceptors (Lipinski definition) is 4. The summed E-state index contributed by atoms with van der Waals surface area (Å²) in [6, 6.07) is 3.43. The van der Waals surface area contributed by atoms with Crippen LogP contribution in [0.5, 0.6) is 0 Å². The molecule has 0 saturated heterocycles. The summed E-state index contributed by atoms with van der Waals surface area (Å²) < 4.78 is 0. The average molecular weight is 296 g/mol. The first-order valence-electron chi connectivity index (χ1n) is 6.37. The Hall–Kier alpha value is -1.89. The van der Waals surface area contributed by atoms with Crippen molar-refractivity contribution in [3.8, 4) is 0 Å². The zero-order chi connectivity index (χ0) is 14.5. The highest BCUT2D eigenvalue weighted by molar-refractivity contribution is 7.12. The second kappa shape index (κ2) is 6.51. The van der Waals surface area contributed by atoms with E-state index in [9.17, 15) is 14.4 Å². The number of hydrogen-bond donors (Lipinski definition) is 2. The summed E-state index contributed by atoms with van der Waals surface area (Å²) in [5.74, 6) is -1.30. The largest absolute Gasteiger partial charge is 0.480 e. The number of nitrogens with zero attached hydrogens (tertiary/aromatic N) is 1. The molecule has 7 heteroatoms. The lowest BCUT2D eigenvalue weighted by atomic mass is 10.3. The molecule has 0 unspecified atom stereocenters. The van der Waals surface area contributed by atoms with E-state index in [-0.39, 0.29) is 24.9 Å². The van der Waals surface area contributed by atoms with Crippen LogP contribution in [-0.2, 0) is 9.59 Å². The Morgan fingerprint density at radius 1 is 1.40 bits per heavy atom. The molecule has 0 aliphatic heterocycles. The van der Waals surface area contributed by atoms with Gasteiger partial charge in [-0.3, -0.25) is 14.4 Å². The van der Waals surface area contributed by atoms with Crippen LogP contribution in [0, 0.1) is 5.92 Å². The molecule has 0 radical (unpaired) electrons. The fourth-order valence-electron chi connectivity index (χ4n) is 1.79. The van der Waals surface area contributed by atoms with Gasteiger partial charge in [-0.1, -0.05) is 6.07 Å². The van der Waals surface area contributed by atoms with Crippen molar-refractivity contribution in [3.05, 3.63) is 22.4 Å². The molecule has 0 bridgehead atoms. The summed E-state index contributed by atoms with van der Waals surface area (Å²) in [6.07, 6.45) is 2.07. The topological polar surface area (TPSA) is 86.7 Å². The van der Waals surface area contributed by atoms with Crippen molar-refractivity contribution in [2.24, 2.45) is 5.92 Å². The first kappa shape index (κ1) is 14.5. The summed E-state index contributed by atoms with van der Waals surface area (Å²) in [4.78, 5) is 36.3. The Kier molecular flexibility index (Phi) is 4.73. The molecule has 1 heterocycles. The number of carbonyl (C=O) groups is 3. The van der Waals surface area contributed by atoms with E-state index in [0.29, 0.717) is 17.3 Å². The molecule has 0 atom stereocenters. The van der Waals surface area contributed by atoms with Gasteiger partial charge in [-0.15, -0.1) is 11.3 Å². The highest BCUT2D eigenvalue weighted by atomic mass is 32.1. The molecule has 0 spiro atoms. The van der Waals surface area contributed by atoms with E-state index in [4.69, 9.17) is 5.11 Å². The molecule has 2 amide bonds. The molecule has 108 valence electrons. The molecule has 2 rings (SSSR count). The number of aliphatic carboxylic acids is 1.